The molecule has 1 aromatic heterocycles. The molecule has 0 aliphatic carbocycles. The number of nitrogens with zero attached hydrogens (tertiary/aromatic N) is 4. The molecule has 10 heteroatoms. The molecule has 1 saturated heterocycles. The lowest BCUT2D eigenvalue weighted by atomic mass is 9.88. The van der Waals surface area contributed by atoms with E-state index in [9.17, 15) is 18.4 Å². The number of piperazine rings is 1. The van der Waals surface area contributed by atoms with Gasteiger partial charge in [0.25, 0.3) is 11.5 Å². The van der Waals surface area contributed by atoms with Gasteiger partial charge in [0.1, 0.15) is 17.0 Å². The van der Waals surface area contributed by atoms with E-state index in [1.807, 2.05) is 18.7 Å². The van der Waals surface area contributed by atoms with Crippen molar-refractivity contribution in [3.8, 4) is 0 Å². The van der Waals surface area contributed by atoms with Crippen molar-refractivity contribution < 1.29 is 13.6 Å². The third-order valence-corrected chi connectivity index (χ3v) is 8.04. The van der Waals surface area contributed by atoms with Crippen molar-refractivity contribution in [2.45, 2.75) is 32.4 Å². The Kier molecular flexibility index (Phi) is 4.70. The number of rotatable bonds is 0. The molecule has 0 radical (unpaired) electrons. The lowest BCUT2D eigenvalue weighted by molar-refractivity contribution is -0.124. The van der Waals surface area contributed by atoms with E-state index < -0.39 is 22.7 Å². The number of benzene rings is 1. The summed E-state index contributed by atoms with van der Waals surface area (Å²) in [5.41, 5.74) is -0.948. The van der Waals surface area contributed by atoms with Crippen LogP contribution in [0.3, 0.4) is 0 Å². The Labute approximate surface area is 188 Å². The first kappa shape index (κ1) is 20.3. The number of carbonyl (C=O) groups is 1. The molecule has 28 heavy (non-hydrogen) atoms. The van der Waals surface area contributed by atoms with Crippen LogP contribution in [0.4, 0.5) is 20.2 Å². The number of aromatic nitrogens is 1. The lowest BCUT2D eigenvalue weighted by Crippen LogP contribution is -2.71. The second kappa shape index (κ2) is 6.49. The molecule has 3 heterocycles. The summed E-state index contributed by atoms with van der Waals surface area (Å²) in [4.78, 5) is 29.6. The Morgan fingerprint density at radius 1 is 1.21 bits per heavy atom. The van der Waals surface area contributed by atoms with Crippen LogP contribution in [-0.4, -0.2) is 43.5 Å². The second-order valence-electron chi connectivity index (χ2n) is 7.63. The fraction of sp³-hybridized carbons (Fsp3) is 0.444. The molecule has 1 amide bonds. The molecule has 2 atom stereocenters. The minimum absolute atomic E-state index is 0.0397. The van der Waals surface area contributed by atoms with Crippen LogP contribution in [0.15, 0.2) is 10.9 Å². The van der Waals surface area contributed by atoms with Gasteiger partial charge in [0.15, 0.2) is 5.82 Å². The minimum Gasteiger partial charge on any atom is -0.352 e. The van der Waals surface area contributed by atoms with Gasteiger partial charge in [-0.05, 0) is 26.8 Å². The number of hydrogen-bond donors (Lipinski definition) is 0. The zero-order valence-electron chi connectivity index (χ0n) is 15.7. The summed E-state index contributed by atoms with van der Waals surface area (Å²) >= 11 is 3.91. The van der Waals surface area contributed by atoms with E-state index in [-0.39, 0.29) is 28.7 Å². The van der Waals surface area contributed by atoms with Gasteiger partial charge in [-0.2, -0.15) is 0 Å². The molecule has 0 N–H and O–H groups in total. The predicted octanol–water partition coefficient (Wildman–Crippen LogP) is 3.38. The Morgan fingerprint density at radius 2 is 1.86 bits per heavy atom. The van der Waals surface area contributed by atoms with Crippen LogP contribution in [0.1, 0.15) is 19.4 Å². The average Bonchev–Trinajstić information content (AvgIpc) is 2.63. The molecule has 4 rings (SSSR count). The fourth-order valence-corrected chi connectivity index (χ4v) is 5.69. The first-order valence-corrected chi connectivity index (χ1v) is 10.7. The van der Waals surface area contributed by atoms with Gasteiger partial charge in [-0.3, -0.25) is 9.59 Å². The number of fused-ring (bicyclic) bond motifs is 5. The molecule has 150 valence electrons. The van der Waals surface area contributed by atoms with E-state index in [1.165, 1.54) is 17.9 Å². The van der Waals surface area contributed by atoms with Gasteiger partial charge < -0.3 is 9.80 Å². The number of amides is 1. The minimum atomic E-state index is -0.940. The zero-order valence-corrected chi connectivity index (χ0v) is 20.0. The quantitative estimate of drug-likeness (QED) is 0.338. The van der Waals surface area contributed by atoms with E-state index in [2.05, 4.69) is 26.0 Å². The second-order valence-corrected chi connectivity index (χ2v) is 9.84. The lowest BCUT2D eigenvalue weighted by Gasteiger charge is -2.54. The third kappa shape index (κ3) is 2.49. The van der Waals surface area contributed by atoms with Crippen molar-refractivity contribution in [1.82, 2.24) is 5.89 Å². The molecule has 2 aliphatic heterocycles. The standard InChI is InChI=1S/C18H18F2I2N4O2/c1-8-6-24-14-10-5-11(19)9(2)12(20)13(10)26(22)16(27)15(14)23(4)17(28)18(24,3)7-25(8)21/h5,8H,6-7H2,1-4H3. The highest BCUT2D eigenvalue weighted by Crippen LogP contribution is 2.46. The first-order chi connectivity index (χ1) is 13.0. The maximum Gasteiger partial charge on any atom is 0.286 e. The Balaban J connectivity index is 2.18. The van der Waals surface area contributed by atoms with Crippen LogP contribution in [0.5, 0.6) is 0 Å². The highest BCUT2D eigenvalue weighted by atomic mass is 127. The number of likely N-dealkylation sites (N-methyl/N-ethyl adjacent to an activating group) is 1. The maximum absolute atomic E-state index is 15.0. The van der Waals surface area contributed by atoms with Crippen LogP contribution in [0.25, 0.3) is 10.9 Å². The fourth-order valence-electron chi connectivity index (χ4n) is 4.15. The van der Waals surface area contributed by atoms with Crippen molar-refractivity contribution in [3.63, 3.8) is 0 Å². The zero-order chi connectivity index (χ0) is 20.7. The van der Waals surface area contributed by atoms with Gasteiger partial charge in [0, 0.05) is 60.0 Å². The molecule has 0 spiro atoms. The van der Waals surface area contributed by atoms with E-state index in [1.54, 1.807) is 29.9 Å². The summed E-state index contributed by atoms with van der Waals surface area (Å²) in [5.74, 6) is -1.65. The Bertz CT molecular complexity index is 1110. The van der Waals surface area contributed by atoms with Crippen LogP contribution in [-0.2, 0) is 4.79 Å². The average molecular weight is 614 g/mol. The van der Waals surface area contributed by atoms with Crippen LogP contribution in [0, 0.1) is 18.6 Å². The van der Waals surface area contributed by atoms with Crippen molar-refractivity contribution >= 4 is 73.9 Å². The van der Waals surface area contributed by atoms with Crippen molar-refractivity contribution in [1.29, 1.82) is 0 Å². The van der Waals surface area contributed by atoms with Gasteiger partial charge >= 0.3 is 0 Å². The summed E-state index contributed by atoms with van der Waals surface area (Å²) in [6.45, 7) is 6.07. The van der Waals surface area contributed by atoms with E-state index in [4.69, 9.17) is 0 Å². The summed E-state index contributed by atoms with van der Waals surface area (Å²) in [5, 5.41) is 0.296. The van der Waals surface area contributed by atoms with Gasteiger partial charge in [-0.1, -0.05) is 0 Å². The Morgan fingerprint density at radius 3 is 2.50 bits per heavy atom. The number of pyridine rings is 1. The molecule has 0 saturated carbocycles. The molecule has 2 unspecified atom stereocenters. The molecule has 2 aliphatic rings. The molecular formula is C18H18F2I2N4O2. The number of halogens is 4. The highest BCUT2D eigenvalue weighted by molar-refractivity contribution is 14.1. The molecular weight excluding hydrogens is 596 g/mol. The monoisotopic (exact) mass is 614 g/mol. The molecule has 0 bridgehead atoms. The van der Waals surface area contributed by atoms with E-state index in [0.717, 1.165) is 2.78 Å². The third-order valence-electron chi connectivity index (χ3n) is 5.83. The van der Waals surface area contributed by atoms with Crippen molar-refractivity contribution in [3.05, 3.63) is 33.6 Å². The molecule has 2 aromatic rings. The number of hydrogen-bond acceptors (Lipinski definition) is 4. The number of carbonyl (C=O) groups excluding carboxylic acids is 1. The largest absolute Gasteiger partial charge is 0.352 e. The number of anilines is 2. The SMILES string of the molecule is Cc1c(F)cc2c3c(c(=O)n(I)c2c1F)N(C)C(=O)C1(C)CN(I)C(C)CN31. The summed E-state index contributed by atoms with van der Waals surface area (Å²) < 4.78 is 32.7. The van der Waals surface area contributed by atoms with E-state index >= 15 is 0 Å². The Hall–Kier alpha value is -1.02. The topological polar surface area (TPSA) is 48.8 Å². The van der Waals surface area contributed by atoms with Crippen LogP contribution in [0.2, 0.25) is 0 Å². The van der Waals surface area contributed by atoms with Gasteiger partial charge in [-0.25, -0.2) is 14.7 Å². The molecule has 6 nitrogen and oxygen atoms in total. The normalized spacial score (nSPS) is 25.3. The van der Waals surface area contributed by atoms with Gasteiger partial charge in [0.2, 0.25) is 0 Å². The van der Waals surface area contributed by atoms with Crippen molar-refractivity contribution in [2.75, 3.05) is 29.9 Å². The smallest absolute Gasteiger partial charge is 0.286 e. The summed E-state index contributed by atoms with van der Waals surface area (Å²) in [6.07, 6.45) is 0. The van der Waals surface area contributed by atoms with E-state index in [0.29, 0.717) is 24.2 Å². The molecule has 1 aromatic carbocycles. The summed E-state index contributed by atoms with van der Waals surface area (Å²) in [7, 11) is 1.55. The first-order valence-electron chi connectivity index (χ1n) is 8.72. The summed E-state index contributed by atoms with van der Waals surface area (Å²) in [6, 6.07) is 1.36. The maximum atomic E-state index is 15.0. The molecule has 1 fully saturated rings. The van der Waals surface area contributed by atoms with Crippen LogP contribution >= 0.6 is 45.7 Å². The van der Waals surface area contributed by atoms with Crippen LogP contribution < -0.4 is 15.4 Å². The predicted molar refractivity (Wildman–Crippen MR) is 122 cm³/mol. The van der Waals surface area contributed by atoms with Gasteiger partial charge in [-0.15, -0.1) is 0 Å². The highest BCUT2D eigenvalue weighted by Gasteiger charge is 2.52. The van der Waals surface area contributed by atoms with Crippen molar-refractivity contribution in [2.24, 2.45) is 0 Å². The van der Waals surface area contributed by atoms with Gasteiger partial charge in [0.05, 0.1) is 34.1 Å².